The normalized spacial score (nSPS) is 14.1. The summed E-state index contributed by atoms with van der Waals surface area (Å²) in [5.41, 5.74) is 4.88. The fourth-order valence-electron chi connectivity index (χ4n) is 4.31. The number of hydrogen-bond donors (Lipinski definition) is 1. The minimum atomic E-state index is -0.0461. The summed E-state index contributed by atoms with van der Waals surface area (Å²) in [5, 5.41) is 11.2. The first-order valence-electron chi connectivity index (χ1n) is 12.0. The smallest absolute Gasteiger partial charge is 0.188 e. The molecule has 2 unspecified atom stereocenters. The van der Waals surface area contributed by atoms with E-state index < -0.39 is 0 Å². The molecule has 4 heteroatoms. The summed E-state index contributed by atoms with van der Waals surface area (Å²) >= 11 is 0. The highest BCUT2D eigenvalue weighted by Gasteiger charge is 2.35. The van der Waals surface area contributed by atoms with Gasteiger partial charge in [-0.3, -0.25) is 0 Å². The third-order valence-electron chi connectivity index (χ3n) is 6.35. The van der Waals surface area contributed by atoms with Crippen molar-refractivity contribution >= 4 is 13.9 Å². The molecule has 2 rings (SSSR count). The van der Waals surface area contributed by atoms with Gasteiger partial charge < -0.3 is 14.6 Å². The summed E-state index contributed by atoms with van der Waals surface area (Å²) in [6.45, 7) is 13.9. The minimum absolute atomic E-state index is 0.0461. The maximum Gasteiger partial charge on any atom is 0.188 e. The SMILES string of the molecule is CCCCCC(CC)(Pc1ccccc1CO)c1cc(C(C)(C)C)cc(C)c1OCOC. The van der Waals surface area contributed by atoms with Crippen molar-refractivity contribution in [3.8, 4) is 5.75 Å². The van der Waals surface area contributed by atoms with Gasteiger partial charge in [-0.2, -0.15) is 0 Å². The van der Waals surface area contributed by atoms with Crippen LogP contribution in [-0.2, 0) is 21.9 Å². The van der Waals surface area contributed by atoms with Gasteiger partial charge in [0, 0.05) is 17.8 Å². The Balaban J connectivity index is 2.73. The molecule has 2 aromatic rings. The molecule has 0 amide bonds. The van der Waals surface area contributed by atoms with E-state index in [-0.39, 0.29) is 24.0 Å². The van der Waals surface area contributed by atoms with E-state index in [2.05, 4.69) is 65.8 Å². The highest BCUT2D eigenvalue weighted by molar-refractivity contribution is 7.48. The summed E-state index contributed by atoms with van der Waals surface area (Å²) in [6.07, 6.45) is 5.72. The Morgan fingerprint density at radius 2 is 1.75 bits per heavy atom. The van der Waals surface area contributed by atoms with Crippen molar-refractivity contribution in [3.63, 3.8) is 0 Å². The van der Waals surface area contributed by atoms with Gasteiger partial charge in [0.1, 0.15) is 5.75 Å². The molecule has 0 aliphatic heterocycles. The van der Waals surface area contributed by atoms with Crippen molar-refractivity contribution in [2.45, 2.75) is 90.8 Å². The van der Waals surface area contributed by atoms with Gasteiger partial charge in [-0.15, -0.1) is 0 Å². The van der Waals surface area contributed by atoms with Crippen molar-refractivity contribution < 1.29 is 14.6 Å². The van der Waals surface area contributed by atoms with Gasteiger partial charge in [0.05, 0.1) is 6.61 Å². The molecule has 0 saturated carbocycles. The van der Waals surface area contributed by atoms with E-state index in [1.807, 2.05) is 12.1 Å². The van der Waals surface area contributed by atoms with Crippen molar-refractivity contribution in [2.75, 3.05) is 13.9 Å². The second-order valence-corrected chi connectivity index (χ2v) is 11.5. The average Bonchev–Trinajstić information content (AvgIpc) is 2.77. The lowest BCUT2D eigenvalue weighted by Gasteiger charge is -2.37. The lowest BCUT2D eigenvalue weighted by atomic mass is 9.80. The van der Waals surface area contributed by atoms with Crippen molar-refractivity contribution in [1.82, 2.24) is 0 Å². The van der Waals surface area contributed by atoms with Gasteiger partial charge in [0.25, 0.3) is 0 Å². The van der Waals surface area contributed by atoms with Crippen LogP contribution < -0.4 is 10.0 Å². The molecule has 32 heavy (non-hydrogen) atoms. The van der Waals surface area contributed by atoms with E-state index >= 15 is 0 Å². The van der Waals surface area contributed by atoms with Crippen LogP contribution >= 0.6 is 8.58 Å². The molecular formula is C28H43O3P. The largest absolute Gasteiger partial charge is 0.467 e. The highest BCUT2D eigenvalue weighted by Crippen LogP contribution is 2.53. The summed E-state index contributed by atoms with van der Waals surface area (Å²) in [7, 11) is 2.23. The van der Waals surface area contributed by atoms with Gasteiger partial charge in [-0.1, -0.05) is 98.9 Å². The van der Waals surface area contributed by atoms with Crippen molar-refractivity contribution in [3.05, 3.63) is 58.7 Å². The zero-order valence-corrected chi connectivity index (χ0v) is 22.2. The monoisotopic (exact) mass is 458 g/mol. The average molecular weight is 459 g/mol. The van der Waals surface area contributed by atoms with E-state index in [4.69, 9.17) is 9.47 Å². The van der Waals surface area contributed by atoms with Crippen molar-refractivity contribution in [2.24, 2.45) is 0 Å². The molecule has 0 saturated heterocycles. The number of aliphatic hydroxyl groups is 1. The fourth-order valence-corrected chi connectivity index (χ4v) is 6.12. The fraction of sp³-hybridized carbons (Fsp3) is 0.571. The third-order valence-corrected chi connectivity index (χ3v) is 8.46. The minimum Gasteiger partial charge on any atom is -0.467 e. The molecule has 3 nitrogen and oxygen atoms in total. The Labute approximate surface area is 197 Å². The topological polar surface area (TPSA) is 38.7 Å². The molecule has 0 aliphatic carbocycles. The second-order valence-electron chi connectivity index (χ2n) is 9.80. The molecule has 2 aromatic carbocycles. The Hall–Kier alpha value is -1.41. The van der Waals surface area contributed by atoms with Gasteiger partial charge in [-0.25, -0.2) is 0 Å². The number of aliphatic hydroxyl groups excluding tert-OH is 1. The first kappa shape index (κ1) is 26.8. The van der Waals surface area contributed by atoms with Crippen LogP contribution in [0.5, 0.6) is 5.75 Å². The second kappa shape index (κ2) is 12.2. The van der Waals surface area contributed by atoms with Crippen LogP contribution in [0.15, 0.2) is 36.4 Å². The number of aryl methyl sites for hydroxylation is 1. The van der Waals surface area contributed by atoms with Crippen LogP contribution in [0.25, 0.3) is 0 Å². The van der Waals surface area contributed by atoms with E-state index in [1.165, 1.54) is 35.7 Å². The number of rotatable bonds is 12. The Morgan fingerprint density at radius 1 is 1.03 bits per heavy atom. The molecule has 0 heterocycles. The molecular weight excluding hydrogens is 415 g/mol. The Kier molecular flexibility index (Phi) is 10.2. The molecule has 0 aromatic heterocycles. The summed E-state index contributed by atoms with van der Waals surface area (Å²) in [4.78, 5) is 0. The summed E-state index contributed by atoms with van der Waals surface area (Å²) in [6, 6.07) is 13.0. The van der Waals surface area contributed by atoms with Gasteiger partial charge in [0.2, 0.25) is 0 Å². The number of methoxy groups -OCH3 is 1. The molecule has 0 bridgehead atoms. The predicted octanol–water partition coefficient (Wildman–Crippen LogP) is 6.96. The van der Waals surface area contributed by atoms with Gasteiger partial charge >= 0.3 is 0 Å². The standard InChI is InChI=1S/C28H43O3P/c1-8-10-13-16-28(9-2,32-25-15-12-11-14-22(25)19-29)24-18-23(27(4,5)6)17-21(3)26(24)31-20-30-7/h11-12,14-15,17-18,29,32H,8-10,13,16,19-20H2,1-7H3. The van der Waals surface area contributed by atoms with Gasteiger partial charge in [-0.05, 0) is 47.2 Å². The van der Waals surface area contributed by atoms with Crippen LogP contribution in [0.2, 0.25) is 0 Å². The lowest BCUT2D eigenvalue weighted by molar-refractivity contribution is 0.0493. The Bertz CT molecular complexity index is 856. The predicted molar refractivity (Wildman–Crippen MR) is 139 cm³/mol. The van der Waals surface area contributed by atoms with Gasteiger partial charge in [0.15, 0.2) is 6.79 Å². The molecule has 1 N–H and O–H groups in total. The van der Waals surface area contributed by atoms with Crippen LogP contribution in [-0.4, -0.2) is 19.0 Å². The van der Waals surface area contributed by atoms with Crippen LogP contribution in [0.4, 0.5) is 0 Å². The quantitative estimate of drug-likeness (QED) is 0.212. The van der Waals surface area contributed by atoms with E-state index in [0.717, 1.165) is 29.7 Å². The molecule has 2 atom stereocenters. The number of benzene rings is 2. The number of unbranched alkanes of at least 4 members (excludes halogenated alkanes) is 2. The highest BCUT2D eigenvalue weighted by atomic mass is 31.1. The lowest BCUT2D eigenvalue weighted by Crippen LogP contribution is -2.26. The Morgan fingerprint density at radius 3 is 2.34 bits per heavy atom. The molecule has 0 fully saturated rings. The zero-order valence-electron chi connectivity index (χ0n) is 21.2. The van der Waals surface area contributed by atoms with E-state index in [1.54, 1.807) is 7.11 Å². The molecule has 0 aliphatic rings. The van der Waals surface area contributed by atoms with Crippen LogP contribution in [0.3, 0.4) is 0 Å². The number of ether oxygens (including phenoxy) is 2. The third kappa shape index (κ3) is 6.56. The first-order chi connectivity index (χ1) is 15.2. The molecule has 178 valence electrons. The molecule has 0 spiro atoms. The van der Waals surface area contributed by atoms with Crippen LogP contribution in [0, 0.1) is 6.92 Å². The molecule has 0 radical (unpaired) electrons. The zero-order chi connectivity index (χ0) is 23.8. The summed E-state index contributed by atoms with van der Waals surface area (Å²) in [5.74, 6) is 0.965. The van der Waals surface area contributed by atoms with E-state index in [0.29, 0.717) is 8.58 Å². The first-order valence-corrected chi connectivity index (χ1v) is 13.0. The van der Waals surface area contributed by atoms with Crippen LogP contribution in [0.1, 0.15) is 89.0 Å². The maximum atomic E-state index is 10.0. The van der Waals surface area contributed by atoms with E-state index in [9.17, 15) is 5.11 Å². The number of hydrogen-bond acceptors (Lipinski definition) is 3. The maximum absolute atomic E-state index is 10.0. The van der Waals surface area contributed by atoms with Crippen molar-refractivity contribution in [1.29, 1.82) is 0 Å². The summed E-state index contributed by atoms with van der Waals surface area (Å²) < 4.78 is 11.5.